The normalized spacial score (nSPS) is 13.7. The van der Waals surface area contributed by atoms with Crippen molar-refractivity contribution in [3.8, 4) is 0 Å². The summed E-state index contributed by atoms with van der Waals surface area (Å²) in [5.74, 6) is 1.09. The van der Waals surface area contributed by atoms with Crippen LogP contribution in [0, 0.1) is 0 Å². The van der Waals surface area contributed by atoms with Crippen molar-refractivity contribution in [3.63, 3.8) is 0 Å². The van der Waals surface area contributed by atoms with Gasteiger partial charge in [-0.1, -0.05) is 112 Å². The van der Waals surface area contributed by atoms with Crippen LogP contribution in [-0.2, 0) is 0 Å². The Kier molecular flexibility index (Phi) is 5.96. The highest BCUT2D eigenvalue weighted by atomic mass is 32.2. The molecule has 29 heavy (non-hydrogen) atoms. The molecule has 2 unspecified atom stereocenters. The molecule has 0 aliphatic heterocycles. The lowest BCUT2D eigenvalue weighted by Gasteiger charge is -2.21. The van der Waals surface area contributed by atoms with Gasteiger partial charge in [-0.15, -0.1) is 0 Å². The van der Waals surface area contributed by atoms with Crippen molar-refractivity contribution >= 4 is 33.3 Å². The molecule has 1 heteroatoms. The van der Waals surface area contributed by atoms with Crippen LogP contribution in [0.1, 0.15) is 63.5 Å². The Hall–Kier alpha value is -2.25. The minimum absolute atomic E-state index is 0.545. The Morgan fingerprint density at radius 2 is 1.00 bits per heavy atom. The molecule has 0 aliphatic carbocycles. The zero-order chi connectivity index (χ0) is 20.4. The Balaban J connectivity index is 1.99. The average Bonchev–Trinajstić information content (AvgIpc) is 2.78. The van der Waals surface area contributed by atoms with Crippen LogP contribution in [0.2, 0.25) is 0 Å². The zero-order valence-electron chi connectivity index (χ0n) is 17.9. The summed E-state index contributed by atoms with van der Waals surface area (Å²) in [5, 5.41) is 5.40. The van der Waals surface area contributed by atoms with Crippen LogP contribution < -0.4 is 0 Å². The molecule has 2 atom stereocenters. The van der Waals surface area contributed by atoms with E-state index in [1.54, 1.807) is 0 Å². The fraction of sp³-hybridized carbons (Fsp3) is 0.286. The Morgan fingerprint density at radius 1 is 0.586 bits per heavy atom. The van der Waals surface area contributed by atoms with E-state index in [0.29, 0.717) is 11.8 Å². The maximum absolute atomic E-state index is 2.35. The highest BCUT2D eigenvalue weighted by Crippen LogP contribution is 2.45. The van der Waals surface area contributed by atoms with E-state index in [1.807, 2.05) is 11.8 Å². The second-order valence-corrected chi connectivity index (χ2v) is 9.15. The van der Waals surface area contributed by atoms with E-state index in [4.69, 9.17) is 0 Å². The molecule has 0 aromatic heterocycles. The molecule has 0 heterocycles. The number of fused-ring (bicyclic) bond motifs is 2. The highest BCUT2D eigenvalue weighted by molar-refractivity contribution is 8.00. The molecule has 4 aromatic rings. The number of hydrogen-bond acceptors (Lipinski definition) is 1. The lowest BCUT2D eigenvalue weighted by Crippen LogP contribution is -1.98. The molecule has 0 fully saturated rings. The van der Waals surface area contributed by atoms with Gasteiger partial charge in [-0.2, -0.15) is 0 Å². The minimum Gasteiger partial charge on any atom is -0.0882 e. The van der Waals surface area contributed by atoms with Crippen LogP contribution in [0.5, 0.6) is 0 Å². The van der Waals surface area contributed by atoms with E-state index < -0.39 is 0 Å². The summed E-state index contributed by atoms with van der Waals surface area (Å²) in [5.41, 5.74) is 2.94. The van der Waals surface area contributed by atoms with Crippen LogP contribution >= 0.6 is 11.8 Å². The van der Waals surface area contributed by atoms with Gasteiger partial charge in [0.05, 0.1) is 0 Å². The van der Waals surface area contributed by atoms with E-state index in [2.05, 4.69) is 100 Å². The van der Waals surface area contributed by atoms with Crippen molar-refractivity contribution in [1.29, 1.82) is 0 Å². The van der Waals surface area contributed by atoms with Crippen LogP contribution in [0.15, 0.2) is 82.6 Å². The standard InChI is InChI=1S/C28H30S/c1-5-19(3)23-17-15-21-11-7-9-13-25(21)27(23)29-28-24(20(4)6-2)18-16-22-12-8-10-14-26(22)28/h7-20H,5-6H2,1-4H3. The van der Waals surface area contributed by atoms with Crippen LogP contribution in [0.3, 0.4) is 0 Å². The third kappa shape index (κ3) is 3.81. The summed E-state index contributed by atoms with van der Waals surface area (Å²) < 4.78 is 0. The van der Waals surface area contributed by atoms with Crippen molar-refractivity contribution in [2.45, 2.75) is 62.2 Å². The molecule has 0 aliphatic rings. The molecule has 4 rings (SSSR count). The predicted octanol–water partition coefficient (Wildman–Crippen LogP) is 9.17. The first-order chi connectivity index (χ1) is 14.1. The van der Waals surface area contributed by atoms with Gasteiger partial charge < -0.3 is 0 Å². The third-order valence-electron chi connectivity index (χ3n) is 6.31. The molecule has 0 bridgehead atoms. The zero-order valence-corrected chi connectivity index (χ0v) is 18.7. The van der Waals surface area contributed by atoms with Crippen molar-refractivity contribution in [2.24, 2.45) is 0 Å². The van der Waals surface area contributed by atoms with Gasteiger partial charge in [-0.25, -0.2) is 0 Å². The van der Waals surface area contributed by atoms with Crippen molar-refractivity contribution in [2.75, 3.05) is 0 Å². The van der Waals surface area contributed by atoms with E-state index >= 15 is 0 Å². The van der Waals surface area contributed by atoms with Gasteiger partial charge in [0, 0.05) is 9.79 Å². The molecular formula is C28H30S. The first kappa shape index (κ1) is 20.0. The van der Waals surface area contributed by atoms with E-state index in [9.17, 15) is 0 Å². The second-order valence-electron chi connectivity index (χ2n) is 8.13. The molecule has 0 saturated carbocycles. The van der Waals surface area contributed by atoms with Gasteiger partial charge in [0.15, 0.2) is 0 Å². The lowest BCUT2D eigenvalue weighted by molar-refractivity contribution is 0.718. The molecule has 0 amide bonds. The third-order valence-corrected chi connectivity index (χ3v) is 7.63. The summed E-state index contributed by atoms with van der Waals surface area (Å²) in [6.45, 7) is 9.29. The predicted molar refractivity (Wildman–Crippen MR) is 129 cm³/mol. The topological polar surface area (TPSA) is 0 Å². The van der Waals surface area contributed by atoms with Gasteiger partial charge in [0.25, 0.3) is 0 Å². The molecule has 0 saturated heterocycles. The van der Waals surface area contributed by atoms with E-state index in [1.165, 1.54) is 42.5 Å². The molecule has 0 radical (unpaired) electrons. The summed E-state index contributed by atoms with van der Waals surface area (Å²) in [7, 11) is 0. The number of benzene rings is 4. The van der Waals surface area contributed by atoms with Gasteiger partial charge in [0.1, 0.15) is 0 Å². The summed E-state index contributed by atoms with van der Waals surface area (Å²) in [4.78, 5) is 2.86. The maximum atomic E-state index is 2.35. The first-order valence-corrected chi connectivity index (χ1v) is 11.7. The van der Waals surface area contributed by atoms with Crippen molar-refractivity contribution in [3.05, 3.63) is 83.9 Å². The first-order valence-electron chi connectivity index (χ1n) is 10.8. The molecule has 4 aromatic carbocycles. The fourth-order valence-corrected chi connectivity index (χ4v) is 5.64. The molecule has 0 nitrogen and oxygen atoms in total. The van der Waals surface area contributed by atoms with Gasteiger partial charge in [-0.3, -0.25) is 0 Å². The van der Waals surface area contributed by atoms with Crippen LogP contribution in [0.4, 0.5) is 0 Å². The highest BCUT2D eigenvalue weighted by Gasteiger charge is 2.18. The van der Waals surface area contributed by atoms with E-state index in [-0.39, 0.29) is 0 Å². The Labute approximate surface area is 179 Å². The van der Waals surface area contributed by atoms with Crippen LogP contribution in [-0.4, -0.2) is 0 Å². The smallest absolute Gasteiger partial charge is 0.0235 e. The minimum atomic E-state index is 0.545. The van der Waals surface area contributed by atoms with Crippen molar-refractivity contribution < 1.29 is 0 Å². The summed E-state index contributed by atoms with van der Waals surface area (Å²) >= 11 is 1.99. The van der Waals surface area contributed by atoms with Crippen LogP contribution in [0.25, 0.3) is 21.5 Å². The monoisotopic (exact) mass is 398 g/mol. The SMILES string of the molecule is CCC(C)c1ccc2ccccc2c1Sc1c(C(C)CC)ccc2ccccc12. The van der Waals surface area contributed by atoms with Gasteiger partial charge in [-0.05, 0) is 57.3 Å². The Bertz CT molecular complexity index is 1050. The quantitative estimate of drug-likeness (QED) is 0.312. The average molecular weight is 399 g/mol. The molecule has 0 N–H and O–H groups in total. The maximum Gasteiger partial charge on any atom is 0.0235 e. The lowest BCUT2D eigenvalue weighted by atomic mass is 9.95. The number of hydrogen-bond donors (Lipinski definition) is 0. The largest absolute Gasteiger partial charge is 0.0882 e. The fourth-order valence-electron chi connectivity index (χ4n) is 4.07. The Morgan fingerprint density at radius 3 is 1.41 bits per heavy atom. The second kappa shape index (κ2) is 8.63. The molecule has 0 spiro atoms. The number of rotatable bonds is 6. The van der Waals surface area contributed by atoms with E-state index in [0.717, 1.165) is 12.8 Å². The summed E-state index contributed by atoms with van der Waals surface area (Å²) in [6, 6.07) is 27.0. The van der Waals surface area contributed by atoms with Gasteiger partial charge in [0.2, 0.25) is 0 Å². The van der Waals surface area contributed by atoms with Crippen molar-refractivity contribution in [1.82, 2.24) is 0 Å². The summed E-state index contributed by atoms with van der Waals surface area (Å²) in [6.07, 6.45) is 2.30. The van der Waals surface area contributed by atoms with Gasteiger partial charge >= 0.3 is 0 Å². The molecule has 148 valence electrons. The molecular weight excluding hydrogens is 368 g/mol.